The van der Waals surface area contributed by atoms with Gasteiger partial charge in [0, 0.05) is 12.1 Å². The molecule has 19 heavy (non-hydrogen) atoms. The smallest absolute Gasteiger partial charge is 0.254 e. The van der Waals surface area contributed by atoms with Gasteiger partial charge in [-0.15, -0.1) is 0 Å². The Morgan fingerprint density at radius 3 is 2.84 bits per heavy atom. The zero-order valence-electron chi connectivity index (χ0n) is 12.0. The Kier molecular flexibility index (Phi) is 4.25. The fourth-order valence-electron chi connectivity index (χ4n) is 2.90. The molecule has 1 N–H and O–H groups in total. The predicted octanol–water partition coefficient (Wildman–Crippen LogP) is 2.54. The van der Waals surface area contributed by atoms with Crippen molar-refractivity contribution in [1.29, 1.82) is 0 Å². The number of piperidine rings is 1. The molecule has 2 rings (SSSR count). The van der Waals surface area contributed by atoms with Gasteiger partial charge >= 0.3 is 0 Å². The highest BCUT2D eigenvalue weighted by molar-refractivity contribution is 5.96. The Morgan fingerprint density at radius 1 is 1.42 bits per heavy atom. The van der Waals surface area contributed by atoms with Crippen LogP contribution in [0.4, 0.5) is 0 Å². The minimum atomic E-state index is -0.0406. The second-order valence-electron chi connectivity index (χ2n) is 5.69. The maximum Gasteiger partial charge on any atom is 0.254 e. The summed E-state index contributed by atoms with van der Waals surface area (Å²) in [5, 5.41) is 9.56. The number of aryl methyl sites for hydroxylation is 2. The molecule has 3 nitrogen and oxygen atoms in total. The molecular weight excluding hydrogens is 238 g/mol. The number of nitrogens with zero attached hydrogens (tertiary/aromatic N) is 1. The van der Waals surface area contributed by atoms with Crippen molar-refractivity contribution in [2.45, 2.75) is 39.7 Å². The molecule has 1 amide bonds. The molecule has 1 aromatic carbocycles. The summed E-state index contributed by atoms with van der Waals surface area (Å²) in [6.45, 7) is 6.88. The number of hydrogen-bond donors (Lipinski definition) is 1. The zero-order chi connectivity index (χ0) is 14.0. The molecule has 1 aliphatic rings. The van der Waals surface area contributed by atoms with Gasteiger partial charge in [0.25, 0.3) is 5.91 Å². The average molecular weight is 261 g/mol. The molecular formula is C16H23NO2. The number of rotatable bonds is 2. The zero-order valence-corrected chi connectivity index (χ0v) is 12.0. The summed E-state index contributed by atoms with van der Waals surface area (Å²) in [5.41, 5.74) is 2.87. The van der Waals surface area contributed by atoms with Gasteiger partial charge in [-0.05, 0) is 44.2 Å². The third-order valence-electron chi connectivity index (χ3n) is 4.19. The van der Waals surface area contributed by atoms with Crippen molar-refractivity contribution in [3.8, 4) is 0 Å². The molecule has 0 aliphatic carbocycles. The molecule has 1 heterocycles. The molecule has 0 radical (unpaired) electrons. The van der Waals surface area contributed by atoms with Crippen LogP contribution in [-0.4, -0.2) is 35.1 Å². The van der Waals surface area contributed by atoms with Gasteiger partial charge in [-0.1, -0.05) is 24.6 Å². The average Bonchev–Trinajstić information content (AvgIpc) is 2.40. The number of carbonyl (C=O) groups excluding carboxylic acids is 1. The van der Waals surface area contributed by atoms with Crippen LogP contribution in [0.1, 0.15) is 41.3 Å². The summed E-state index contributed by atoms with van der Waals surface area (Å²) in [7, 11) is 0. The summed E-state index contributed by atoms with van der Waals surface area (Å²) in [6, 6.07) is 5.92. The monoisotopic (exact) mass is 261 g/mol. The first-order chi connectivity index (χ1) is 9.04. The number of aliphatic hydroxyl groups excluding tert-OH is 1. The number of likely N-dealkylation sites (tertiary alicyclic amines) is 1. The van der Waals surface area contributed by atoms with Crippen molar-refractivity contribution >= 4 is 5.91 Å². The van der Waals surface area contributed by atoms with Crippen LogP contribution in [0.15, 0.2) is 18.2 Å². The maximum atomic E-state index is 12.7. The predicted molar refractivity (Wildman–Crippen MR) is 76.2 cm³/mol. The minimum Gasteiger partial charge on any atom is -0.394 e. The lowest BCUT2D eigenvalue weighted by Gasteiger charge is -2.39. The van der Waals surface area contributed by atoms with Crippen molar-refractivity contribution in [3.63, 3.8) is 0 Å². The molecule has 0 aromatic heterocycles. The molecule has 0 bridgehead atoms. The van der Waals surface area contributed by atoms with Crippen LogP contribution < -0.4 is 0 Å². The van der Waals surface area contributed by atoms with E-state index in [-0.39, 0.29) is 18.6 Å². The Labute approximate surface area is 115 Å². The Hall–Kier alpha value is -1.35. The fourth-order valence-corrected chi connectivity index (χ4v) is 2.90. The van der Waals surface area contributed by atoms with E-state index in [0.717, 1.165) is 36.1 Å². The first kappa shape index (κ1) is 14.1. The molecule has 0 unspecified atom stereocenters. The first-order valence-corrected chi connectivity index (χ1v) is 7.03. The summed E-state index contributed by atoms with van der Waals surface area (Å²) in [6.07, 6.45) is 2.11. The molecule has 1 saturated heterocycles. The van der Waals surface area contributed by atoms with Crippen LogP contribution in [0.5, 0.6) is 0 Å². The van der Waals surface area contributed by atoms with E-state index in [1.165, 1.54) is 0 Å². The van der Waals surface area contributed by atoms with E-state index < -0.39 is 0 Å². The van der Waals surface area contributed by atoms with E-state index >= 15 is 0 Å². The summed E-state index contributed by atoms with van der Waals surface area (Å²) < 4.78 is 0. The summed E-state index contributed by atoms with van der Waals surface area (Å²) in [4.78, 5) is 14.6. The van der Waals surface area contributed by atoms with Gasteiger partial charge in [-0.2, -0.15) is 0 Å². The fraction of sp³-hybridized carbons (Fsp3) is 0.562. The molecule has 3 heteroatoms. The van der Waals surface area contributed by atoms with Gasteiger partial charge in [0.05, 0.1) is 12.6 Å². The second kappa shape index (κ2) is 5.74. The Bertz CT molecular complexity index is 470. The molecule has 104 valence electrons. The van der Waals surface area contributed by atoms with E-state index in [0.29, 0.717) is 5.92 Å². The van der Waals surface area contributed by atoms with Crippen LogP contribution in [0.25, 0.3) is 0 Å². The van der Waals surface area contributed by atoms with Gasteiger partial charge in [-0.25, -0.2) is 0 Å². The second-order valence-corrected chi connectivity index (χ2v) is 5.69. The SMILES string of the molecule is Cc1ccc(C)c(C(=O)N2CCC[C@@H](C)[C@@H]2CO)c1. The van der Waals surface area contributed by atoms with E-state index in [9.17, 15) is 9.90 Å². The normalized spacial score (nSPS) is 23.5. The largest absolute Gasteiger partial charge is 0.394 e. The first-order valence-electron chi connectivity index (χ1n) is 7.03. The topological polar surface area (TPSA) is 40.5 Å². The van der Waals surface area contributed by atoms with Crippen LogP contribution >= 0.6 is 0 Å². The van der Waals surface area contributed by atoms with Gasteiger partial charge < -0.3 is 10.0 Å². The number of benzene rings is 1. The van der Waals surface area contributed by atoms with Crippen molar-refractivity contribution in [3.05, 3.63) is 34.9 Å². The van der Waals surface area contributed by atoms with Gasteiger partial charge in [0.1, 0.15) is 0 Å². The molecule has 0 saturated carbocycles. The highest BCUT2D eigenvalue weighted by Crippen LogP contribution is 2.25. The van der Waals surface area contributed by atoms with Crippen molar-refractivity contribution in [2.75, 3.05) is 13.2 Å². The molecule has 1 aromatic rings. The number of amides is 1. The van der Waals surface area contributed by atoms with E-state index in [1.54, 1.807) is 0 Å². The van der Waals surface area contributed by atoms with E-state index in [2.05, 4.69) is 6.92 Å². The Balaban J connectivity index is 2.29. The van der Waals surface area contributed by atoms with Crippen LogP contribution in [0.3, 0.4) is 0 Å². The maximum absolute atomic E-state index is 12.7. The van der Waals surface area contributed by atoms with E-state index in [1.807, 2.05) is 36.9 Å². The molecule has 1 fully saturated rings. The third-order valence-corrected chi connectivity index (χ3v) is 4.19. The summed E-state index contributed by atoms with van der Waals surface area (Å²) in [5.74, 6) is 0.430. The highest BCUT2D eigenvalue weighted by atomic mass is 16.3. The molecule has 0 spiro atoms. The van der Waals surface area contributed by atoms with Crippen molar-refractivity contribution in [1.82, 2.24) is 4.90 Å². The van der Waals surface area contributed by atoms with Crippen molar-refractivity contribution in [2.24, 2.45) is 5.92 Å². The lowest BCUT2D eigenvalue weighted by atomic mass is 9.90. The molecule has 1 aliphatic heterocycles. The van der Waals surface area contributed by atoms with Crippen LogP contribution in [-0.2, 0) is 0 Å². The standard InChI is InChI=1S/C16H23NO2/c1-11-6-7-12(2)14(9-11)16(19)17-8-4-5-13(3)15(17)10-18/h6-7,9,13,15,18H,4-5,8,10H2,1-3H3/t13-,15+/m1/s1. The third kappa shape index (κ3) is 2.81. The van der Waals surface area contributed by atoms with Gasteiger partial charge in [-0.3, -0.25) is 4.79 Å². The van der Waals surface area contributed by atoms with Crippen LogP contribution in [0.2, 0.25) is 0 Å². The number of aliphatic hydroxyl groups is 1. The number of carbonyl (C=O) groups is 1. The number of hydrogen-bond acceptors (Lipinski definition) is 2. The highest BCUT2D eigenvalue weighted by Gasteiger charge is 2.32. The van der Waals surface area contributed by atoms with Gasteiger partial charge in [0.15, 0.2) is 0 Å². The lowest BCUT2D eigenvalue weighted by molar-refractivity contribution is 0.0357. The quantitative estimate of drug-likeness (QED) is 0.888. The lowest BCUT2D eigenvalue weighted by Crippen LogP contribution is -2.49. The van der Waals surface area contributed by atoms with Crippen LogP contribution in [0, 0.1) is 19.8 Å². The van der Waals surface area contributed by atoms with Crippen molar-refractivity contribution < 1.29 is 9.90 Å². The van der Waals surface area contributed by atoms with Gasteiger partial charge in [0.2, 0.25) is 0 Å². The Morgan fingerprint density at radius 2 is 2.16 bits per heavy atom. The summed E-state index contributed by atoms with van der Waals surface area (Å²) >= 11 is 0. The molecule has 2 atom stereocenters. The minimum absolute atomic E-state index is 0.0406. The van der Waals surface area contributed by atoms with E-state index in [4.69, 9.17) is 0 Å².